The maximum atomic E-state index is 11.6. The molecule has 1 N–H and O–H groups in total. The molecule has 0 aliphatic carbocycles. The van der Waals surface area contributed by atoms with Gasteiger partial charge >= 0.3 is 0 Å². The van der Waals surface area contributed by atoms with E-state index in [1.165, 1.54) is 0 Å². The number of rotatable bonds is 2. The van der Waals surface area contributed by atoms with Crippen molar-refractivity contribution in [2.45, 2.75) is 63.8 Å². The molecule has 17 heavy (non-hydrogen) atoms. The van der Waals surface area contributed by atoms with Crippen LogP contribution in [0.15, 0.2) is 0 Å². The summed E-state index contributed by atoms with van der Waals surface area (Å²) in [6, 6.07) is 0.559. The number of nitrogens with one attached hydrogen (secondary N) is 1. The van der Waals surface area contributed by atoms with Crippen molar-refractivity contribution in [1.82, 2.24) is 5.32 Å². The molecule has 2 heterocycles. The molecule has 100 valence electrons. The van der Waals surface area contributed by atoms with Gasteiger partial charge in [0.1, 0.15) is 0 Å². The first-order valence-corrected chi connectivity index (χ1v) is 8.38. The lowest BCUT2D eigenvalue weighted by molar-refractivity contribution is -0.0433. The van der Waals surface area contributed by atoms with Crippen molar-refractivity contribution >= 4 is 9.84 Å². The van der Waals surface area contributed by atoms with Crippen LogP contribution in [0.2, 0.25) is 0 Å². The Labute approximate surface area is 104 Å². The Hall–Kier alpha value is -0.130. The lowest BCUT2D eigenvalue weighted by Gasteiger charge is -2.36. The van der Waals surface area contributed by atoms with Gasteiger partial charge in [0.25, 0.3) is 0 Å². The molecule has 0 saturated carbocycles. The molecule has 3 unspecified atom stereocenters. The molecule has 3 atom stereocenters. The largest absolute Gasteiger partial charge is 0.375 e. The van der Waals surface area contributed by atoms with Crippen LogP contribution in [0.3, 0.4) is 0 Å². The Balaban J connectivity index is 1.88. The van der Waals surface area contributed by atoms with Crippen molar-refractivity contribution in [2.24, 2.45) is 0 Å². The third kappa shape index (κ3) is 3.93. The van der Waals surface area contributed by atoms with Crippen LogP contribution in [0.4, 0.5) is 0 Å². The minimum absolute atomic E-state index is 0.149. The molecular weight excluding hydrogens is 238 g/mol. The second-order valence-corrected chi connectivity index (χ2v) is 7.77. The molecule has 0 aromatic carbocycles. The molecule has 2 rings (SSSR count). The van der Waals surface area contributed by atoms with E-state index in [0.29, 0.717) is 17.5 Å². The van der Waals surface area contributed by atoms with Gasteiger partial charge in [-0.25, -0.2) is 8.42 Å². The molecule has 0 aromatic rings. The van der Waals surface area contributed by atoms with E-state index in [0.717, 1.165) is 25.7 Å². The van der Waals surface area contributed by atoms with Crippen LogP contribution in [0.5, 0.6) is 0 Å². The van der Waals surface area contributed by atoms with Crippen molar-refractivity contribution in [3.05, 3.63) is 0 Å². The van der Waals surface area contributed by atoms with Crippen LogP contribution in [-0.4, -0.2) is 44.2 Å². The molecule has 2 saturated heterocycles. The van der Waals surface area contributed by atoms with Gasteiger partial charge in [-0.1, -0.05) is 0 Å². The lowest BCUT2D eigenvalue weighted by Crippen LogP contribution is -2.49. The highest BCUT2D eigenvalue weighted by Gasteiger charge is 2.30. The Morgan fingerprint density at radius 2 is 1.76 bits per heavy atom. The Morgan fingerprint density at radius 1 is 1.12 bits per heavy atom. The van der Waals surface area contributed by atoms with Crippen molar-refractivity contribution in [3.8, 4) is 0 Å². The number of ether oxygens (including phenoxy) is 1. The van der Waals surface area contributed by atoms with E-state index in [1.54, 1.807) is 0 Å². The van der Waals surface area contributed by atoms with E-state index in [4.69, 9.17) is 4.74 Å². The third-order valence-corrected chi connectivity index (χ3v) is 5.45. The summed E-state index contributed by atoms with van der Waals surface area (Å²) in [5, 5.41) is 3.52. The van der Waals surface area contributed by atoms with Crippen LogP contribution < -0.4 is 5.32 Å². The summed E-state index contributed by atoms with van der Waals surface area (Å²) in [5.74, 6) is 0.679. The van der Waals surface area contributed by atoms with E-state index in [9.17, 15) is 8.42 Å². The second-order valence-electron chi connectivity index (χ2n) is 5.55. The van der Waals surface area contributed by atoms with Crippen molar-refractivity contribution in [3.63, 3.8) is 0 Å². The Bertz CT molecular complexity index is 345. The van der Waals surface area contributed by atoms with Gasteiger partial charge in [-0.2, -0.15) is 0 Å². The Morgan fingerprint density at radius 3 is 2.35 bits per heavy atom. The first-order valence-electron chi connectivity index (χ1n) is 6.56. The molecule has 2 fully saturated rings. The maximum absolute atomic E-state index is 11.6. The minimum atomic E-state index is -2.80. The number of sulfone groups is 1. The molecule has 0 amide bonds. The highest BCUT2D eigenvalue weighted by Crippen LogP contribution is 2.21. The molecule has 0 spiro atoms. The van der Waals surface area contributed by atoms with Crippen molar-refractivity contribution < 1.29 is 13.2 Å². The van der Waals surface area contributed by atoms with Crippen LogP contribution in [0.1, 0.15) is 39.5 Å². The highest BCUT2D eigenvalue weighted by atomic mass is 32.2. The SMILES string of the molecule is CC1CC(NC2CCCS(=O)(=O)C2)CC(C)O1. The topological polar surface area (TPSA) is 55.4 Å². The standard InChI is InChI=1S/C12H23NO3S/c1-9-6-12(7-10(2)16-9)13-11-4-3-5-17(14,15)8-11/h9-13H,3-8H2,1-2H3. The molecule has 4 nitrogen and oxygen atoms in total. The summed E-state index contributed by atoms with van der Waals surface area (Å²) < 4.78 is 28.8. The van der Waals surface area contributed by atoms with Gasteiger partial charge < -0.3 is 10.1 Å². The van der Waals surface area contributed by atoms with Crippen LogP contribution in [0, 0.1) is 0 Å². The predicted molar refractivity (Wildman–Crippen MR) is 67.8 cm³/mol. The fourth-order valence-electron chi connectivity index (χ4n) is 3.03. The van der Waals surface area contributed by atoms with Crippen molar-refractivity contribution in [1.29, 1.82) is 0 Å². The number of hydrogen-bond acceptors (Lipinski definition) is 4. The average molecular weight is 261 g/mol. The fraction of sp³-hybridized carbons (Fsp3) is 1.00. The third-order valence-electron chi connectivity index (χ3n) is 3.63. The fourth-order valence-corrected chi connectivity index (χ4v) is 4.68. The maximum Gasteiger partial charge on any atom is 0.151 e. The van der Waals surface area contributed by atoms with E-state index in [-0.39, 0.29) is 18.2 Å². The normalized spacial score (nSPS) is 42.2. The van der Waals surface area contributed by atoms with Gasteiger partial charge in [0.15, 0.2) is 9.84 Å². The molecule has 0 bridgehead atoms. The smallest absolute Gasteiger partial charge is 0.151 e. The van der Waals surface area contributed by atoms with Crippen LogP contribution in [0.25, 0.3) is 0 Å². The molecular formula is C12H23NO3S. The van der Waals surface area contributed by atoms with E-state index in [2.05, 4.69) is 19.2 Å². The van der Waals surface area contributed by atoms with E-state index >= 15 is 0 Å². The molecule has 0 radical (unpaired) electrons. The first kappa shape index (κ1) is 13.3. The summed E-state index contributed by atoms with van der Waals surface area (Å²) in [6.45, 7) is 4.17. The number of hydrogen-bond donors (Lipinski definition) is 1. The summed E-state index contributed by atoms with van der Waals surface area (Å²) in [6.07, 6.45) is 4.31. The Kier molecular flexibility index (Phi) is 4.10. The second kappa shape index (κ2) is 5.24. The van der Waals surface area contributed by atoms with E-state index in [1.807, 2.05) is 0 Å². The van der Waals surface area contributed by atoms with Crippen LogP contribution >= 0.6 is 0 Å². The average Bonchev–Trinajstić information content (AvgIpc) is 2.13. The van der Waals surface area contributed by atoms with Gasteiger partial charge in [0.2, 0.25) is 0 Å². The summed E-state index contributed by atoms with van der Waals surface area (Å²) in [4.78, 5) is 0. The minimum Gasteiger partial charge on any atom is -0.375 e. The zero-order valence-corrected chi connectivity index (χ0v) is 11.5. The van der Waals surface area contributed by atoms with Gasteiger partial charge in [-0.15, -0.1) is 0 Å². The summed E-state index contributed by atoms with van der Waals surface area (Å²) >= 11 is 0. The monoisotopic (exact) mass is 261 g/mol. The van der Waals surface area contributed by atoms with E-state index < -0.39 is 9.84 Å². The zero-order chi connectivity index (χ0) is 12.5. The summed E-state index contributed by atoms with van der Waals surface area (Å²) in [5.41, 5.74) is 0. The van der Waals surface area contributed by atoms with Crippen LogP contribution in [-0.2, 0) is 14.6 Å². The van der Waals surface area contributed by atoms with Crippen molar-refractivity contribution in [2.75, 3.05) is 11.5 Å². The molecule has 2 aliphatic heterocycles. The lowest BCUT2D eigenvalue weighted by atomic mass is 9.98. The van der Waals surface area contributed by atoms with Gasteiger partial charge in [-0.3, -0.25) is 0 Å². The van der Waals surface area contributed by atoms with Gasteiger partial charge in [-0.05, 0) is 39.5 Å². The molecule has 2 aliphatic rings. The van der Waals surface area contributed by atoms with Gasteiger partial charge in [0, 0.05) is 12.1 Å². The van der Waals surface area contributed by atoms with Gasteiger partial charge in [0.05, 0.1) is 23.7 Å². The quantitative estimate of drug-likeness (QED) is 0.809. The summed E-state index contributed by atoms with van der Waals surface area (Å²) in [7, 11) is -2.80. The predicted octanol–water partition coefficient (Wildman–Crippen LogP) is 1.11. The molecule has 0 aromatic heterocycles. The zero-order valence-electron chi connectivity index (χ0n) is 10.7. The first-order chi connectivity index (χ1) is 7.94. The highest BCUT2D eigenvalue weighted by molar-refractivity contribution is 7.91. The molecule has 5 heteroatoms.